The number of anilines is 3. The van der Waals surface area contributed by atoms with E-state index in [-0.39, 0.29) is 71.8 Å². The van der Waals surface area contributed by atoms with Crippen molar-refractivity contribution in [2.75, 3.05) is 184 Å². The van der Waals surface area contributed by atoms with Crippen LogP contribution in [0.2, 0.25) is 0 Å². The minimum Gasteiger partial charge on any atom is -0.462 e. The number of rotatable bonds is 38. The lowest BCUT2D eigenvalue weighted by Gasteiger charge is -2.12. The second-order valence-electron chi connectivity index (χ2n) is 16.2. The van der Waals surface area contributed by atoms with E-state index < -0.39 is 23.9 Å². The van der Waals surface area contributed by atoms with Gasteiger partial charge in [-0.3, -0.25) is 9.59 Å². The third-order valence-electron chi connectivity index (χ3n) is 9.61. The molecule has 0 aliphatic heterocycles. The maximum absolute atomic E-state index is 12.1. The average molecular weight is 1170 g/mol. The van der Waals surface area contributed by atoms with E-state index in [0.717, 1.165) is 46.1 Å². The van der Waals surface area contributed by atoms with Gasteiger partial charge in [0.05, 0.1) is 82.4 Å². The van der Waals surface area contributed by atoms with Gasteiger partial charge in [0.2, 0.25) is 0 Å². The van der Waals surface area contributed by atoms with Crippen molar-refractivity contribution in [2.45, 2.75) is 20.3 Å². The molecule has 0 saturated carbocycles. The van der Waals surface area contributed by atoms with Gasteiger partial charge in [0, 0.05) is 99.9 Å². The summed E-state index contributed by atoms with van der Waals surface area (Å²) in [7, 11) is 11.5. The number of benzene rings is 3. The number of carbonyl (C=O) groups is 6. The van der Waals surface area contributed by atoms with E-state index in [0.29, 0.717) is 81.1 Å². The molecule has 0 bridgehead atoms. The summed E-state index contributed by atoms with van der Waals surface area (Å²) in [5, 5.41) is 0. The molecule has 3 rings (SSSR count). The van der Waals surface area contributed by atoms with Crippen molar-refractivity contribution < 1.29 is 76.1 Å². The monoisotopic (exact) mass is 1170 g/mol. The number of hydrogen-bond acceptors (Lipinski definition) is 23. The fraction of sp³-hybridized carbons (Fsp3) is 0.527. The Kier molecular flexibility index (Phi) is 44.7. The maximum atomic E-state index is 12.1. The van der Waals surface area contributed by atoms with Gasteiger partial charge in [0.25, 0.3) is 0 Å². The highest BCUT2D eigenvalue weighted by molar-refractivity contribution is 7.99. The second-order valence-corrected chi connectivity index (χ2v) is 19.5. The Morgan fingerprint density at radius 1 is 0.410 bits per heavy atom. The molecule has 0 saturated heterocycles. The zero-order valence-corrected chi connectivity index (χ0v) is 48.8. The average Bonchev–Trinajstić information content (AvgIpc) is 3.43. The third-order valence-corrected chi connectivity index (χ3v) is 11.9. The zero-order chi connectivity index (χ0) is 56.9. The molecular formula is C55H83N3O16S4. The Labute approximate surface area is 481 Å². The van der Waals surface area contributed by atoms with Crippen LogP contribution >= 0.6 is 48.8 Å². The van der Waals surface area contributed by atoms with Crippen LogP contribution in [0.15, 0.2) is 85.5 Å². The normalized spacial score (nSPS) is 10.2. The van der Waals surface area contributed by atoms with Crippen molar-refractivity contribution in [1.29, 1.82) is 0 Å². The highest BCUT2D eigenvalue weighted by Gasteiger charge is 2.12. The summed E-state index contributed by atoms with van der Waals surface area (Å²) >= 11 is 11.2. The van der Waals surface area contributed by atoms with Gasteiger partial charge < -0.3 is 62.1 Å². The molecule has 3 aromatic rings. The molecule has 19 nitrogen and oxygen atoms in total. The first-order valence-electron chi connectivity index (χ1n) is 24.8. The van der Waals surface area contributed by atoms with Gasteiger partial charge in [-0.2, -0.15) is 48.8 Å². The molecule has 0 amide bonds. The number of esters is 6. The Hall–Kier alpha value is -5.14. The largest absolute Gasteiger partial charge is 0.462 e. The van der Waals surface area contributed by atoms with Crippen LogP contribution < -0.4 is 14.7 Å². The van der Waals surface area contributed by atoms with Crippen LogP contribution in [-0.4, -0.2) is 205 Å². The zero-order valence-electron chi connectivity index (χ0n) is 45.4. The lowest BCUT2D eigenvalue weighted by molar-refractivity contribution is -0.145. The Balaban J connectivity index is 0.00000161. The minimum absolute atomic E-state index is 0. The van der Waals surface area contributed by atoms with Crippen LogP contribution in [0.4, 0.5) is 17.1 Å². The molecular weight excluding hydrogens is 1090 g/mol. The van der Waals surface area contributed by atoms with Crippen molar-refractivity contribution in [2.24, 2.45) is 0 Å². The van der Waals surface area contributed by atoms with Gasteiger partial charge in [-0.1, -0.05) is 14.0 Å². The number of hydrogen-bond donors (Lipinski definition) is 2. The molecule has 0 N–H and O–H groups in total. The summed E-state index contributed by atoms with van der Waals surface area (Å²) in [5.74, 6) is 1.70. The van der Waals surface area contributed by atoms with Gasteiger partial charge >= 0.3 is 35.8 Å². The SMILES string of the molecule is C.C=CC(=O)OCCOC(=O)c1ccc(N(C)C)cc1.CN(C)c1ccc(C(=O)OCCOC(=O)CCSCCOCCOCCSCCC(=O)OCCOC(=O)c2ccc(N(C)C)cc2)cc1.SCCOCCOCCS. The minimum atomic E-state index is -0.536. The fourth-order valence-corrected chi connectivity index (χ4v) is 7.28. The molecule has 3 aromatic carbocycles. The smallest absolute Gasteiger partial charge is 0.338 e. The number of thiol groups is 2. The first-order chi connectivity index (χ1) is 37.1. The molecule has 0 aromatic heterocycles. The summed E-state index contributed by atoms with van der Waals surface area (Å²) in [4.78, 5) is 76.0. The summed E-state index contributed by atoms with van der Waals surface area (Å²) in [6, 6.07) is 21.2. The lowest BCUT2D eigenvalue weighted by Crippen LogP contribution is -2.15. The summed E-state index contributed by atoms with van der Waals surface area (Å²) in [6.45, 7) is 8.13. The first kappa shape index (κ1) is 72.9. The van der Waals surface area contributed by atoms with Crippen molar-refractivity contribution in [3.8, 4) is 0 Å². The van der Waals surface area contributed by atoms with E-state index in [1.807, 2.05) is 93.4 Å². The molecule has 23 heteroatoms. The Morgan fingerprint density at radius 2 is 0.692 bits per heavy atom. The molecule has 0 aliphatic rings. The molecule has 0 aliphatic carbocycles. The quantitative estimate of drug-likeness (QED) is 0.0189. The number of thioether (sulfide) groups is 2. The van der Waals surface area contributed by atoms with Crippen LogP contribution in [0.5, 0.6) is 0 Å². The van der Waals surface area contributed by atoms with Crippen LogP contribution in [0.1, 0.15) is 51.3 Å². The van der Waals surface area contributed by atoms with E-state index in [4.69, 9.17) is 42.6 Å². The van der Waals surface area contributed by atoms with Gasteiger partial charge in [-0.25, -0.2) is 19.2 Å². The standard InChI is InChI=1S/C34H48N2O10S2.C14H17NO4.C6H14O2S2.CH4/c1-35(2)29-9-5-27(6-10-29)33(39)45-19-17-43-31(37)13-23-47-25-21-41-15-16-42-22-26-48-24-14-32(38)44-18-20-46-34(40)28-7-11-30(12-8-28)36(3)4;1-4-13(16)18-9-10-19-14(17)11-5-7-12(8-6-11)15(2)3;9-5-3-7-1-2-8-4-6-10;/h5-12H,13-26H2,1-4H3;4-8H,1,9-10H2,2-3H3;9-10H,1-6H2;1H4. The molecule has 0 atom stereocenters. The number of ether oxygens (including phenoxy) is 10. The van der Waals surface area contributed by atoms with Crippen molar-refractivity contribution in [1.82, 2.24) is 0 Å². The molecule has 78 heavy (non-hydrogen) atoms. The molecule has 0 heterocycles. The van der Waals surface area contributed by atoms with E-state index >= 15 is 0 Å². The fourth-order valence-electron chi connectivity index (χ4n) is 5.52. The third kappa shape index (κ3) is 37.6. The highest BCUT2D eigenvalue weighted by Crippen LogP contribution is 2.15. The molecule has 0 radical (unpaired) electrons. The maximum Gasteiger partial charge on any atom is 0.338 e. The highest BCUT2D eigenvalue weighted by atomic mass is 32.2. The molecule has 0 unspecified atom stereocenters. The van der Waals surface area contributed by atoms with Gasteiger partial charge in [0.1, 0.15) is 39.6 Å². The summed E-state index contributed by atoms with van der Waals surface area (Å²) in [6.07, 6.45) is 1.60. The van der Waals surface area contributed by atoms with Crippen molar-refractivity contribution in [3.63, 3.8) is 0 Å². The predicted octanol–water partition coefficient (Wildman–Crippen LogP) is 7.35. The second kappa shape index (κ2) is 47.8. The van der Waals surface area contributed by atoms with Gasteiger partial charge in [-0.05, 0) is 72.8 Å². The van der Waals surface area contributed by atoms with Crippen molar-refractivity contribution >= 4 is 102 Å². The van der Waals surface area contributed by atoms with E-state index in [2.05, 4.69) is 36.6 Å². The van der Waals surface area contributed by atoms with Crippen LogP contribution in [-0.2, 0) is 61.8 Å². The topological polar surface area (TPSA) is 204 Å². The van der Waals surface area contributed by atoms with Crippen LogP contribution in [0.3, 0.4) is 0 Å². The molecule has 0 spiro atoms. The van der Waals surface area contributed by atoms with Crippen LogP contribution in [0, 0.1) is 0 Å². The van der Waals surface area contributed by atoms with E-state index in [9.17, 15) is 28.8 Å². The van der Waals surface area contributed by atoms with E-state index in [1.165, 1.54) is 0 Å². The predicted molar refractivity (Wildman–Crippen MR) is 318 cm³/mol. The van der Waals surface area contributed by atoms with Gasteiger partial charge in [0.15, 0.2) is 0 Å². The first-order valence-corrected chi connectivity index (χ1v) is 28.3. The number of carbonyl (C=O) groups excluding carboxylic acids is 6. The number of nitrogens with zero attached hydrogens (tertiary/aromatic N) is 3. The summed E-state index contributed by atoms with van der Waals surface area (Å²) in [5.41, 5.74) is 4.31. The lowest BCUT2D eigenvalue weighted by atomic mass is 10.2. The van der Waals surface area contributed by atoms with Crippen LogP contribution in [0.25, 0.3) is 0 Å². The Bertz CT molecular complexity index is 1980. The van der Waals surface area contributed by atoms with Crippen molar-refractivity contribution in [3.05, 3.63) is 102 Å². The molecule has 0 fully saturated rings. The molecule has 438 valence electrons. The summed E-state index contributed by atoms with van der Waals surface area (Å²) < 4.78 is 51.5. The Morgan fingerprint density at radius 3 is 0.974 bits per heavy atom. The van der Waals surface area contributed by atoms with Gasteiger partial charge in [-0.15, -0.1) is 0 Å². The van der Waals surface area contributed by atoms with E-state index in [1.54, 1.807) is 59.9 Å².